The van der Waals surface area contributed by atoms with Crippen LogP contribution in [0.15, 0.2) is 24.3 Å². The summed E-state index contributed by atoms with van der Waals surface area (Å²) in [6, 6.07) is 1.78. The van der Waals surface area contributed by atoms with Gasteiger partial charge in [0, 0.05) is 12.1 Å². The van der Waals surface area contributed by atoms with Crippen LogP contribution in [0.2, 0.25) is 0 Å². The average Bonchev–Trinajstić information content (AvgIpc) is 2.87. The van der Waals surface area contributed by atoms with Crippen LogP contribution in [0.25, 0.3) is 0 Å². The highest BCUT2D eigenvalue weighted by Gasteiger charge is 2.35. The van der Waals surface area contributed by atoms with Crippen molar-refractivity contribution in [1.82, 2.24) is 4.90 Å². The van der Waals surface area contributed by atoms with Gasteiger partial charge in [0.15, 0.2) is 0 Å². The van der Waals surface area contributed by atoms with Gasteiger partial charge in [0.25, 0.3) is 0 Å². The molecule has 1 saturated carbocycles. The van der Waals surface area contributed by atoms with E-state index >= 15 is 0 Å². The highest BCUT2D eigenvalue weighted by molar-refractivity contribution is 5.11. The van der Waals surface area contributed by atoms with Crippen molar-refractivity contribution in [1.29, 1.82) is 0 Å². The van der Waals surface area contributed by atoms with Crippen LogP contribution in [0.4, 0.5) is 0 Å². The minimum atomic E-state index is 0.832. The zero-order valence-electron chi connectivity index (χ0n) is 9.21. The fourth-order valence-corrected chi connectivity index (χ4v) is 2.42. The second-order valence-electron chi connectivity index (χ2n) is 4.75. The van der Waals surface area contributed by atoms with E-state index in [1.54, 1.807) is 0 Å². The number of allylic oxidation sites excluding steroid dienone is 2. The van der Waals surface area contributed by atoms with Crippen LogP contribution >= 0.6 is 0 Å². The number of rotatable bonds is 4. The van der Waals surface area contributed by atoms with Gasteiger partial charge in [-0.15, -0.1) is 0 Å². The minimum Gasteiger partial charge on any atom is -0.297 e. The Labute approximate surface area is 87.5 Å². The molecule has 2 fully saturated rings. The van der Waals surface area contributed by atoms with Gasteiger partial charge >= 0.3 is 0 Å². The molecule has 1 saturated heterocycles. The summed E-state index contributed by atoms with van der Waals surface area (Å²) in [7, 11) is 0. The fourth-order valence-electron chi connectivity index (χ4n) is 2.42. The zero-order valence-corrected chi connectivity index (χ0v) is 9.21. The van der Waals surface area contributed by atoms with Crippen molar-refractivity contribution in [2.75, 3.05) is 6.54 Å². The molecule has 1 unspecified atom stereocenters. The Morgan fingerprint density at radius 3 is 2.86 bits per heavy atom. The standard InChI is InChI=1S/C13H21N/c1-11(2)5-3-6-12-7-4-10-14(12)13-8-9-13/h3,5,12-13H,1,4,6-10H2,2H3/b5-3+. The molecule has 2 rings (SSSR count). The SMILES string of the molecule is C=C(C)/C=C/CC1CCCN1C1CC1. The quantitative estimate of drug-likeness (QED) is 0.617. The second kappa shape index (κ2) is 4.31. The molecule has 1 heterocycles. The van der Waals surface area contributed by atoms with Crippen LogP contribution in [-0.2, 0) is 0 Å². The van der Waals surface area contributed by atoms with E-state index in [9.17, 15) is 0 Å². The van der Waals surface area contributed by atoms with Gasteiger partial charge in [0.1, 0.15) is 0 Å². The van der Waals surface area contributed by atoms with E-state index in [0.717, 1.165) is 12.1 Å². The summed E-state index contributed by atoms with van der Waals surface area (Å²) < 4.78 is 0. The molecule has 0 aromatic carbocycles. The Morgan fingerprint density at radius 1 is 1.43 bits per heavy atom. The summed E-state index contributed by atoms with van der Waals surface area (Å²) in [5.41, 5.74) is 1.17. The van der Waals surface area contributed by atoms with Crippen LogP contribution in [0, 0.1) is 0 Å². The van der Waals surface area contributed by atoms with Gasteiger partial charge < -0.3 is 0 Å². The van der Waals surface area contributed by atoms with E-state index in [-0.39, 0.29) is 0 Å². The number of nitrogens with zero attached hydrogens (tertiary/aromatic N) is 1. The molecule has 0 bridgehead atoms. The third-order valence-electron chi connectivity index (χ3n) is 3.25. The lowest BCUT2D eigenvalue weighted by molar-refractivity contribution is 0.245. The van der Waals surface area contributed by atoms with E-state index in [0.29, 0.717) is 0 Å². The Bertz CT molecular complexity index is 238. The first-order valence-corrected chi connectivity index (χ1v) is 5.85. The molecular weight excluding hydrogens is 170 g/mol. The Hall–Kier alpha value is -0.560. The summed E-state index contributed by atoms with van der Waals surface area (Å²) >= 11 is 0. The van der Waals surface area contributed by atoms with Gasteiger partial charge in [0.05, 0.1) is 0 Å². The lowest BCUT2D eigenvalue weighted by Gasteiger charge is -2.22. The summed E-state index contributed by atoms with van der Waals surface area (Å²) in [6.45, 7) is 7.29. The smallest absolute Gasteiger partial charge is 0.0133 e. The van der Waals surface area contributed by atoms with E-state index in [1.165, 1.54) is 44.2 Å². The highest BCUT2D eigenvalue weighted by Crippen LogP contribution is 2.34. The van der Waals surface area contributed by atoms with Crippen LogP contribution in [0.5, 0.6) is 0 Å². The molecule has 1 aliphatic heterocycles. The van der Waals surface area contributed by atoms with Crippen molar-refractivity contribution >= 4 is 0 Å². The molecule has 2 aliphatic rings. The first kappa shape index (κ1) is 9.97. The van der Waals surface area contributed by atoms with Gasteiger partial charge in [-0.05, 0) is 45.6 Å². The molecule has 1 atom stereocenters. The summed E-state index contributed by atoms with van der Waals surface area (Å²) in [4.78, 5) is 2.72. The second-order valence-corrected chi connectivity index (χ2v) is 4.75. The van der Waals surface area contributed by atoms with Gasteiger partial charge in [-0.2, -0.15) is 0 Å². The van der Waals surface area contributed by atoms with Gasteiger partial charge in [-0.3, -0.25) is 4.90 Å². The Morgan fingerprint density at radius 2 is 2.21 bits per heavy atom. The topological polar surface area (TPSA) is 3.24 Å². The third-order valence-corrected chi connectivity index (χ3v) is 3.25. The molecule has 0 spiro atoms. The van der Waals surface area contributed by atoms with Gasteiger partial charge in [-0.1, -0.05) is 24.3 Å². The normalized spacial score (nSPS) is 28.8. The molecule has 1 nitrogen and oxygen atoms in total. The number of hydrogen-bond acceptors (Lipinski definition) is 1. The van der Waals surface area contributed by atoms with Crippen molar-refractivity contribution < 1.29 is 0 Å². The number of hydrogen-bond donors (Lipinski definition) is 0. The van der Waals surface area contributed by atoms with Crippen LogP contribution in [0.3, 0.4) is 0 Å². The fraction of sp³-hybridized carbons (Fsp3) is 0.692. The number of likely N-dealkylation sites (tertiary alicyclic amines) is 1. The van der Waals surface area contributed by atoms with Gasteiger partial charge in [0.2, 0.25) is 0 Å². The molecule has 14 heavy (non-hydrogen) atoms. The molecule has 1 heteroatoms. The first-order valence-electron chi connectivity index (χ1n) is 5.85. The van der Waals surface area contributed by atoms with E-state index in [4.69, 9.17) is 0 Å². The molecule has 0 N–H and O–H groups in total. The molecule has 1 aliphatic carbocycles. The minimum absolute atomic E-state index is 0.832. The van der Waals surface area contributed by atoms with Crippen LogP contribution in [0.1, 0.15) is 39.0 Å². The maximum Gasteiger partial charge on any atom is 0.0133 e. The molecule has 78 valence electrons. The molecule has 0 radical (unpaired) electrons. The predicted octanol–water partition coefficient (Wildman–Crippen LogP) is 3.14. The summed E-state index contributed by atoms with van der Waals surface area (Å²) in [5.74, 6) is 0. The lowest BCUT2D eigenvalue weighted by Crippen LogP contribution is -2.30. The van der Waals surface area contributed by atoms with Crippen molar-refractivity contribution in [3.05, 3.63) is 24.3 Å². The molecule has 0 amide bonds. The largest absolute Gasteiger partial charge is 0.297 e. The molecule has 0 aromatic rings. The third kappa shape index (κ3) is 2.48. The Balaban J connectivity index is 1.81. The zero-order chi connectivity index (χ0) is 9.97. The maximum absolute atomic E-state index is 3.89. The predicted molar refractivity (Wildman–Crippen MR) is 61.3 cm³/mol. The first-order chi connectivity index (χ1) is 6.77. The van der Waals surface area contributed by atoms with Crippen molar-refractivity contribution in [2.45, 2.75) is 51.1 Å². The summed E-state index contributed by atoms with van der Waals surface area (Å²) in [5, 5.41) is 0. The molecule has 0 aromatic heterocycles. The van der Waals surface area contributed by atoms with Crippen molar-refractivity contribution in [3.63, 3.8) is 0 Å². The lowest BCUT2D eigenvalue weighted by atomic mass is 10.1. The van der Waals surface area contributed by atoms with Crippen molar-refractivity contribution in [3.8, 4) is 0 Å². The summed E-state index contributed by atoms with van der Waals surface area (Å²) in [6.07, 6.45) is 11.4. The maximum atomic E-state index is 3.89. The Kier molecular flexibility index (Phi) is 3.07. The van der Waals surface area contributed by atoms with Crippen LogP contribution in [-0.4, -0.2) is 23.5 Å². The van der Waals surface area contributed by atoms with E-state index < -0.39 is 0 Å². The monoisotopic (exact) mass is 191 g/mol. The van der Waals surface area contributed by atoms with Crippen molar-refractivity contribution in [2.24, 2.45) is 0 Å². The average molecular weight is 191 g/mol. The van der Waals surface area contributed by atoms with Gasteiger partial charge in [-0.25, -0.2) is 0 Å². The molecular formula is C13H21N. The van der Waals surface area contributed by atoms with E-state index in [2.05, 4.69) is 30.6 Å². The van der Waals surface area contributed by atoms with E-state index in [1.807, 2.05) is 0 Å². The highest BCUT2D eigenvalue weighted by atomic mass is 15.2. The van der Waals surface area contributed by atoms with Crippen LogP contribution < -0.4 is 0 Å².